The maximum Gasteiger partial charge on any atom is 0.251 e. The van der Waals surface area contributed by atoms with Gasteiger partial charge in [-0.1, -0.05) is 76.2 Å². The molecule has 4 fully saturated rings. The Kier molecular flexibility index (Phi) is 18.9. The van der Waals surface area contributed by atoms with Crippen LogP contribution in [0.25, 0.3) is 0 Å². The predicted molar refractivity (Wildman–Crippen MR) is 335 cm³/mol. The molecule has 2 aromatic heterocycles. The first-order chi connectivity index (χ1) is 42.1. The van der Waals surface area contributed by atoms with E-state index in [1.165, 1.54) is 24.3 Å². The average molecular weight is 1210 g/mol. The van der Waals surface area contributed by atoms with Crippen LogP contribution in [0.4, 0.5) is 20.2 Å². The Bertz CT molecular complexity index is 3260. The normalized spacial score (nSPS) is 24.0. The molecule has 4 amide bonds. The number of fused-ring (bicyclic) bond motifs is 2. The second-order valence-corrected chi connectivity index (χ2v) is 26.9. The van der Waals surface area contributed by atoms with Gasteiger partial charge >= 0.3 is 0 Å². The third-order valence-corrected chi connectivity index (χ3v) is 18.6. The number of pyridine rings is 2. The van der Waals surface area contributed by atoms with Crippen LogP contribution in [0.15, 0.2) is 94.5 Å². The Morgan fingerprint density at radius 2 is 1.08 bits per heavy atom. The molecule has 0 bridgehead atoms. The lowest BCUT2D eigenvalue weighted by Gasteiger charge is -2.43. The molecule has 6 aliphatic rings. The highest BCUT2D eigenvalue weighted by Crippen LogP contribution is 2.41. The summed E-state index contributed by atoms with van der Waals surface area (Å²) in [7, 11) is 0. The van der Waals surface area contributed by atoms with E-state index in [4.69, 9.17) is 4.74 Å². The lowest BCUT2D eigenvalue weighted by molar-refractivity contribution is -0.129. The third kappa shape index (κ3) is 15.0. The van der Waals surface area contributed by atoms with Gasteiger partial charge in [0.25, 0.3) is 11.1 Å². The minimum Gasteiger partial charge on any atom is -0.356 e. The molecule has 8 heterocycles. The second kappa shape index (κ2) is 26.6. The number of rotatable bonds is 18. The topological polar surface area (TPSA) is 211 Å². The first-order valence-electron chi connectivity index (χ1n) is 31.4. The molecule has 0 aliphatic carbocycles. The zero-order valence-corrected chi connectivity index (χ0v) is 51.7. The van der Waals surface area contributed by atoms with Crippen LogP contribution in [0.1, 0.15) is 99.2 Å². The van der Waals surface area contributed by atoms with Crippen LogP contribution in [-0.2, 0) is 60.4 Å². The van der Waals surface area contributed by atoms with Gasteiger partial charge in [-0.2, -0.15) is 0 Å². The van der Waals surface area contributed by atoms with Crippen LogP contribution in [-0.4, -0.2) is 188 Å². The zero-order chi connectivity index (χ0) is 62.0. The van der Waals surface area contributed by atoms with Gasteiger partial charge in [0.15, 0.2) is 0 Å². The Labute approximate surface area is 513 Å². The maximum atomic E-state index is 14.4. The van der Waals surface area contributed by atoms with E-state index in [0.29, 0.717) is 107 Å². The van der Waals surface area contributed by atoms with Gasteiger partial charge in [-0.3, -0.25) is 48.4 Å². The number of amides is 4. The average Bonchev–Trinajstić information content (AvgIpc) is 1.63. The number of carbonyl (C=O) groups excluding carboxylic acids is 4. The van der Waals surface area contributed by atoms with Gasteiger partial charge in [0, 0.05) is 148 Å². The lowest BCUT2D eigenvalue weighted by Crippen LogP contribution is -2.62. The van der Waals surface area contributed by atoms with E-state index >= 15 is 0 Å². The van der Waals surface area contributed by atoms with Crippen molar-refractivity contribution in [3.63, 3.8) is 0 Å². The number of nitrogens with zero attached hydrogens (tertiary/aromatic N) is 6. The van der Waals surface area contributed by atoms with Gasteiger partial charge in [-0.05, 0) is 91.9 Å². The highest BCUT2D eigenvalue weighted by Gasteiger charge is 2.43. The summed E-state index contributed by atoms with van der Waals surface area (Å²) in [5.74, 6) is -1.03. The number of morpholine rings is 1. The fourth-order valence-electron chi connectivity index (χ4n) is 14.0. The first-order valence-corrected chi connectivity index (χ1v) is 31.4. The van der Waals surface area contributed by atoms with E-state index in [9.17, 15) is 37.5 Å². The van der Waals surface area contributed by atoms with Gasteiger partial charge in [-0.15, -0.1) is 0 Å². The SMILES string of the molecule is C[C@@H]1CN(CC(=O)N2CC(C)(C)c3[nH]c(=O)c(Cc4ccc(F)cc4)cc32)[C@@H](CN2CCC[C@H](NC(=O)Cc3cccc(CC(=O)N[C@@H]4CN(C[C@H]5CN[C@H](C)CN5CC(=O)N5CC(C)(C)c6[nH]c(=O)c(Cc7ccc(F)cc7)cc65)CCO4)c3)C2)CN1. The number of H-pyrrole nitrogens is 2. The number of aromatic nitrogens is 2. The van der Waals surface area contributed by atoms with Gasteiger partial charge in [0.05, 0.1) is 43.9 Å². The number of piperidine rings is 1. The fraction of sp³-hybridized carbons (Fsp3) is 0.522. The molecule has 11 rings (SSSR count). The van der Waals surface area contributed by atoms with Crippen LogP contribution in [0.2, 0.25) is 0 Å². The molecule has 6 N–H and O–H groups in total. The molecule has 21 heteroatoms. The molecule has 470 valence electrons. The molecular formula is C67H86F2N12O7. The number of ether oxygens (including phenoxy) is 1. The number of nitrogens with one attached hydrogen (secondary N) is 6. The van der Waals surface area contributed by atoms with E-state index in [1.807, 2.05) is 69.0 Å². The number of piperazine rings is 2. The molecule has 6 aliphatic heterocycles. The van der Waals surface area contributed by atoms with Crippen LogP contribution < -0.4 is 42.2 Å². The first kappa shape index (κ1) is 62.6. The molecule has 4 saturated heterocycles. The number of benzene rings is 3. The molecule has 6 atom stereocenters. The van der Waals surface area contributed by atoms with Crippen LogP contribution in [0.3, 0.4) is 0 Å². The largest absolute Gasteiger partial charge is 0.356 e. The van der Waals surface area contributed by atoms with Crippen LogP contribution in [0, 0.1) is 11.6 Å². The van der Waals surface area contributed by atoms with Crippen molar-refractivity contribution in [1.29, 1.82) is 0 Å². The Morgan fingerprint density at radius 3 is 1.58 bits per heavy atom. The number of halogens is 2. The molecule has 5 aromatic rings. The summed E-state index contributed by atoms with van der Waals surface area (Å²) in [4.78, 5) is 102. The smallest absolute Gasteiger partial charge is 0.251 e. The number of aromatic amines is 2. The summed E-state index contributed by atoms with van der Waals surface area (Å²) in [5, 5.41) is 13.6. The standard InChI is InChI=1S/C67H86F2N12O7/c1-42-32-78(38-60(84)80-40-66(3,4)62-55(80)28-48(64(86)74-62)24-44-12-16-50(68)17-13-44)53(30-70-42)35-76-20-8-11-52(34-76)72-57(82)26-46-9-7-10-47(23-46)27-58(83)73-59-37-77(21-22-88-59)36-54-31-71-43(2)33-79(54)39-61(85)81-41-67(5,6)63-56(81)29-49(65(87)75-63)25-45-14-18-51(69)19-15-45/h7,9-10,12-19,23,28-29,42-43,52-54,59,70-71H,8,11,20-22,24-27,30-41H2,1-6H3,(H,72,82)(H,73,83)(H,74,86)(H,75,87)/t42-,43-,52+,53-,54-,59+/m1/s1. The fourth-order valence-corrected chi connectivity index (χ4v) is 14.0. The van der Waals surface area contributed by atoms with E-state index in [-0.39, 0.29) is 103 Å². The maximum absolute atomic E-state index is 14.4. The summed E-state index contributed by atoms with van der Waals surface area (Å²) in [5.41, 5.74) is 5.78. The lowest BCUT2D eigenvalue weighted by atomic mass is 9.91. The third-order valence-electron chi connectivity index (χ3n) is 18.6. The van der Waals surface area contributed by atoms with Crippen molar-refractivity contribution in [3.8, 4) is 0 Å². The monoisotopic (exact) mass is 1210 g/mol. The van der Waals surface area contributed by atoms with Crippen molar-refractivity contribution in [2.75, 3.05) is 108 Å². The zero-order valence-electron chi connectivity index (χ0n) is 51.7. The van der Waals surface area contributed by atoms with E-state index in [2.05, 4.69) is 64.7 Å². The molecule has 88 heavy (non-hydrogen) atoms. The number of carbonyl (C=O) groups is 4. The van der Waals surface area contributed by atoms with Gasteiger partial charge < -0.3 is 45.8 Å². The molecule has 0 saturated carbocycles. The molecule has 19 nitrogen and oxygen atoms in total. The minimum absolute atomic E-state index is 0.00667. The van der Waals surface area contributed by atoms with Gasteiger partial charge in [-0.25, -0.2) is 8.78 Å². The van der Waals surface area contributed by atoms with Crippen molar-refractivity contribution in [2.45, 2.75) is 127 Å². The summed E-state index contributed by atoms with van der Waals surface area (Å²) in [6, 6.07) is 23.9. The highest BCUT2D eigenvalue weighted by atomic mass is 19.1. The summed E-state index contributed by atoms with van der Waals surface area (Å²) in [6.07, 6.45) is 2.17. The molecule has 0 spiro atoms. The number of hydrogen-bond acceptors (Lipinski definition) is 13. The summed E-state index contributed by atoms with van der Waals surface area (Å²) >= 11 is 0. The minimum atomic E-state index is -0.528. The van der Waals surface area contributed by atoms with Gasteiger partial charge in [0.2, 0.25) is 23.6 Å². The quantitative estimate of drug-likeness (QED) is 0.0736. The van der Waals surface area contributed by atoms with E-state index < -0.39 is 17.1 Å². The van der Waals surface area contributed by atoms with Crippen molar-refractivity contribution >= 4 is 35.0 Å². The molecule has 3 aromatic carbocycles. The van der Waals surface area contributed by atoms with E-state index in [1.54, 1.807) is 29.2 Å². The van der Waals surface area contributed by atoms with Crippen LogP contribution in [0.5, 0.6) is 0 Å². The van der Waals surface area contributed by atoms with E-state index in [0.717, 1.165) is 59.6 Å². The van der Waals surface area contributed by atoms with Crippen molar-refractivity contribution in [2.24, 2.45) is 0 Å². The highest BCUT2D eigenvalue weighted by molar-refractivity contribution is 5.98. The molecular weight excluding hydrogens is 1120 g/mol. The molecule has 0 radical (unpaired) electrons. The summed E-state index contributed by atoms with van der Waals surface area (Å²) < 4.78 is 33.4. The van der Waals surface area contributed by atoms with Crippen molar-refractivity contribution in [1.82, 2.24) is 50.8 Å². The summed E-state index contributed by atoms with van der Waals surface area (Å²) in [6.45, 7) is 21.0. The Balaban J connectivity index is 0.643. The Morgan fingerprint density at radius 1 is 0.602 bits per heavy atom. The number of hydrogen-bond donors (Lipinski definition) is 6. The Hall–Kier alpha value is -6.98. The predicted octanol–water partition coefficient (Wildman–Crippen LogP) is 3.94. The molecule has 0 unspecified atom stereocenters. The van der Waals surface area contributed by atoms with Gasteiger partial charge in [0.1, 0.15) is 17.9 Å². The number of likely N-dealkylation sites (tertiary alicyclic amines) is 1. The second-order valence-electron chi connectivity index (χ2n) is 26.9. The van der Waals surface area contributed by atoms with Crippen LogP contribution >= 0.6 is 0 Å². The van der Waals surface area contributed by atoms with Crippen molar-refractivity contribution < 1.29 is 32.7 Å². The van der Waals surface area contributed by atoms with Crippen molar-refractivity contribution in [3.05, 3.63) is 162 Å². The number of anilines is 2.